The van der Waals surface area contributed by atoms with Gasteiger partial charge in [0.25, 0.3) is 5.91 Å². The minimum absolute atomic E-state index is 0.169. The molecule has 1 amide bonds. The SMILES string of the molecule is CC1=C(C(=O)Nc2ccc(C)cc2C)[C@H](c2cccc(Br)c2)n2nc(SCc3cccc(C)c3)nc2N1. The van der Waals surface area contributed by atoms with E-state index in [1.165, 1.54) is 11.1 Å². The van der Waals surface area contributed by atoms with E-state index in [0.717, 1.165) is 38.3 Å². The Bertz CT molecular complexity index is 1530. The molecular weight excluding hydrogens is 546 g/mol. The fourth-order valence-electron chi connectivity index (χ4n) is 4.56. The average molecular weight is 575 g/mol. The van der Waals surface area contributed by atoms with Gasteiger partial charge in [0.05, 0.1) is 5.57 Å². The van der Waals surface area contributed by atoms with Crippen molar-refractivity contribution in [2.75, 3.05) is 10.6 Å². The predicted molar refractivity (Wildman–Crippen MR) is 154 cm³/mol. The van der Waals surface area contributed by atoms with Gasteiger partial charge in [-0.3, -0.25) is 4.79 Å². The minimum Gasteiger partial charge on any atom is -0.328 e. The number of anilines is 2. The number of allylic oxidation sites excluding steroid dienone is 1. The molecule has 0 bridgehead atoms. The Hall–Kier alpha value is -3.36. The smallest absolute Gasteiger partial charge is 0.255 e. The van der Waals surface area contributed by atoms with E-state index in [4.69, 9.17) is 10.1 Å². The summed E-state index contributed by atoms with van der Waals surface area (Å²) in [5.41, 5.74) is 7.71. The predicted octanol–water partition coefficient (Wildman–Crippen LogP) is 7.19. The number of aromatic nitrogens is 3. The number of halogens is 1. The van der Waals surface area contributed by atoms with Crippen molar-refractivity contribution in [3.05, 3.63) is 110 Å². The second kappa shape index (κ2) is 10.6. The third-order valence-electron chi connectivity index (χ3n) is 6.32. The van der Waals surface area contributed by atoms with E-state index in [2.05, 4.69) is 63.8 Å². The standard InChI is InChI=1S/C29H28BrN5OS/c1-17-7-5-8-21(14-17)16-37-29-33-28-31-20(4)25(27(36)32-24-12-11-18(2)13-19(24)3)26(35(28)34-29)22-9-6-10-23(30)15-22/h5-15,26H,16H2,1-4H3,(H,32,36)(H,31,33,34)/t26-/m0/s1. The van der Waals surface area contributed by atoms with Crippen LogP contribution in [0.25, 0.3) is 0 Å². The molecule has 188 valence electrons. The lowest BCUT2D eigenvalue weighted by Crippen LogP contribution is -2.31. The molecule has 0 spiro atoms. The van der Waals surface area contributed by atoms with E-state index in [9.17, 15) is 4.79 Å². The topological polar surface area (TPSA) is 71.8 Å². The maximum absolute atomic E-state index is 13.8. The monoisotopic (exact) mass is 573 g/mol. The Balaban J connectivity index is 1.50. The van der Waals surface area contributed by atoms with Crippen molar-refractivity contribution in [2.24, 2.45) is 0 Å². The lowest BCUT2D eigenvalue weighted by Gasteiger charge is -2.29. The van der Waals surface area contributed by atoms with Crippen LogP contribution in [0.4, 0.5) is 11.6 Å². The molecule has 2 heterocycles. The van der Waals surface area contributed by atoms with Gasteiger partial charge in [-0.1, -0.05) is 87.3 Å². The van der Waals surface area contributed by atoms with Crippen LogP contribution >= 0.6 is 27.7 Å². The zero-order valence-electron chi connectivity index (χ0n) is 21.2. The number of benzene rings is 3. The molecule has 2 N–H and O–H groups in total. The van der Waals surface area contributed by atoms with Gasteiger partial charge in [0.1, 0.15) is 6.04 Å². The summed E-state index contributed by atoms with van der Waals surface area (Å²) >= 11 is 5.17. The van der Waals surface area contributed by atoms with Gasteiger partial charge < -0.3 is 10.6 Å². The Kier molecular flexibility index (Phi) is 7.22. The highest BCUT2D eigenvalue weighted by molar-refractivity contribution is 9.10. The molecule has 1 atom stereocenters. The van der Waals surface area contributed by atoms with Crippen molar-refractivity contribution in [1.29, 1.82) is 0 Å². The summed E-state index contributed by atoms with van der Waals surface area (Å²) in [6.45, 7) is 8.05. The van der Waals surface area contributed by atoms with Gasteiger partial charge in [0, 0.05) is 21.6 Å². The van der Waals surface area contributed by atoms with Crippen LogP contribution in [-0.2, 0) is 10.5 Å². The van der Waals surface area contributed by atoms with Crippen LogP contribution in [0.2, 0.25) is 0 Å². The minimum atomic E-state index is -0.430. The highest BCUT2D eigenvalue weighted by atomic mass is 79.9. The van der Waals surface area contributed by atoms with E-state index in [0.29, 0.717) is 16.7 Å². The molecule has 1 aliphatic rings. The Morgan fingerprint density at radius 2 is 1.81 bits per heavy atom. The summed E-state index contributed by atoms with van der Waals surface area (Å²) in [4.78, 5) is 18.5. The van der Waals surface area contributed by atoms with Gasteiger partial charge in [-0.25, -0.2) is 4.68 Å². The fourth-order valence-corrected chi connectivity index (χ4v) is 5.75. The lowest BCUT2D eigenvalue weighted by atomic mass is 9.95. The molecule has 0 aliphatic carbocycles. The number of amides is 1. The van der Waals surface area contributed by atoms with E-state index in [-0.39, 0.29) is 5.91 Å². The number of fused-ring (bicyclic) bond motifs is 1. The maximum atomic E-state index is 13.8. The number of thioether (sulfide) groups is 1. The van der Waals surface area contributed by atoms with Crippen LogP contribution in [0.1, 0.15) is 40.8 Å². The second-order valence-corrected chi connectivity index (χ2v) is 11.2. The van der Waals surface area contributed by atoms with Crippen molar-refractivity contribution >= 4 is 45.2 Å². The number of carbonyl (C=O) groups is 1. The zero-order chi connectivity index (χ0) is 26.1. The molecule has 6 nitrogen and oxygen atoms in total. The van der Waals surface area contributed by atoms with Gasteiger partial charge >= 0.3 is 0 Å². The Labute approximate surface area is 229 Å². The molecule has 37 heavy (non-hydrogen) atoms. The van der Waals surface area contributed by atoms with Crippen molar-refractivity contribution < 1.29 is 4.79 Å². The molecule has 0 radical (unpaired) electrons. The molecule has 4 aromatic rings. The number of hydrogen-bond donors (Lipinski definition) is 2. The maximum Gasteiger partial charge on any atom is 0.255 e. The first-order chi connectivity index (χ1) is 17.8. The zero-order valence-corrected chi connectivity index (χ0v) is 23.6. The largest absolute Gasteiger partial charge is 0.328 e. The average Bonchev–Trinajstić information content (AvgIpc) is 3.26. The summed E-state index contributed by atoms with van der Waals surface area (Å²) < 4.78 is 2.76. The molecule has 0 saturated carbocycles. The van der Waals surface area contributed by atoms with Gasteiger partial charge in [-0.15, -0.1) is 5.10 Å². The second-order valence-electron chi connectivity index (χ2n) is 9.33. The first kappa shape index (κ1) is 25.3. The van der Waals surface area contributed by atoms with E-state index >= 15 is 0 Å². The molecule has 0 unspecified atom stereocenters. The van der Waals surface area contributed by atoms with Gasteiger partial charge in [0.15, 0.2) is 0 Å². The van der Waals surface area contributed by atoms with Crippen LogP contribution in [0.5, 0.6) is 0 Å². The van der Waals surface area contributed by atoms with E-state index in [1.54, 1.807) is 11.8 Å². The first-order valence-corrected chi connectivity index (χ1v) is 13.8. The summed E-state index contributed by atoms with van der Waals surface area (Å²) in [6.07, 6.45) is 0. The van der Waals surface area contributed by atoms with Crippen LogP contribution < -0.4 is 10.6 Å². The number of rotatable bonds is 6. The molecular formula is C29H28BrN5OS. The summed E-state index contributed by atoms with van der Waals surface area (Å²) in [5, 5.41) is 12.0. The fraction of sp³-hybridized carbons (Fsp3) is 0.207. The molecule has 0 saturated heterocycles. The number of hydrogen-bond acceptors (Lipinski definition) is 5. The van der Waals surface area contributed by atoms with Crippen molar-refractivity contribution in [3.8, 4) is 0 Å². The number of carbonyl (C=O) groups excluding carboxylic acids is 1. The van der Waals surface area contributed by atoms with Gasteiger partial charge in [-0.05, 0) is 62.6 Å². The molecule has 1 aromatic heterocycles. The van der Waals surface area contributed by atoms with Crippen LogP contribution in [-0.4, -0.2) is 20.7 Å². The molecule has 3 aromatic carbocycles. The van der Waals surface area contributed by atoms with Gasteiger partial charge in [-0.2, -0.15) is 4.98 Å². The number of aryl methyl sites for hydroxylation is 3. The third kappa shape index (κ3) is 5.50. The first-order valence-electron chi connectivity index (χ1n) is 12.1. The van der Waals surface area contributed by atoms with E-state index < -0.39 is 6.04 Å². The molecule has 0 fully saturated rings. The van der Waals surface area contributed by atoms with Crippen LogP contribution in [0.15, 0.2) is 87.6 Å². The van der Waals surface area contributed by atoms with Crippen LogP contribution in [0, 0.1) is 20.8 Å². The van der Waals surface area contributed by atoms with Crippen LogP contribution in [0.3, 0.4) is 0 Å². The van der Waals surface area contributed by atoms with Crippen molar-refractivity contribution in [3.63, 3.8) is 0 Å². The van der Waals surface area contributed by atoms with Crippen molar-refractivity contribution in [2.45, 2.75) is 44.6 Å². The molecule has 1 aliphatic heterocycles. The summed E-state index contributed by atoms with van der Waals surface area (Å²) in [5.74, 6) is 1.22. The Morgan fingerprint density at radius 3 is 2.57 bits per heavy atom. The number of nitrogens with zero attached hydrogens (tertiary/aromatic N) is 3. The highest BCUT2D eigenvalue weighted by Crippen LogP contribution is 2.38. The summed E-state index contributed by atoms with van der Waals surface area (Å²) in [7, 11) is 0. The molecule has 5 rings (SSSR count). The third-order valence-corrected chi connectivity index (χ3v) is 7.72. The number of nitrogens with one attached hydrogen (secondary N) is 2. The van der Waals surface area contributed by atoms with E-state index in [1.807, 2.05) is 61.9 Å². The highest BCUT2D eigenvalue weighted by Gasteiger charge is 2.34. The molecule has 8 heteroatoms. The Morgan fingerprint density at radius 1 is 1.03 bits per heavy atom. The van der Waals surface area contributed by atoms with Crippen molar-refractivity contribution in [1.82, 2.24) is 14.8 Å². The van der Waals surface area contributed by atoms with Gasteiger partial charge in [0.2, 0.25) is 11.1 Å². The lowest BCUT2D eigenvalue weighted by molar-refractivity contribution is -0.113. The normalized spacial score (nSPS) is 14.8. The summed E-state index contributed by atoms with van der Waals surface area (Å²) in [6, 6.07) is 22.0. The quantitative estimate of drug-likeness (QED) is 0.239.